The van der Waals surface area contributed by atoms with E-state index in [2.05, 4.69) is 88.0 Å². The summed E-state index contributed by atoms with van der Waals surface area (Å²) in [7, 11) is 6.08. The normalized spacial score (nSPS) is 8.12. The topological polar surface area (TPSA) is 436 Å². The van der Waals surface area contributed by atoms with Crippen LogP contribution in [-0.4, -0.2) is 212 Å². The maximum Gasteiger partial charge on any atom is 1.00 e. The molecule has 0 spiro atoms. The van der Waals surface area contributed by atoms with E-state index in [9.17, 15) is 63.0 Å². The number of carboxylic acid groups (broad SMARTS) is 4. The van der Waals surface area contributed by atoms with Gasteiger partial charge in [-0.2, -0.15) is 11.8 Å². The number of aliphatic hydroxyl groups is 1. The summed E-state index contributed by atoms with van der Waals surface area (Å²) >= 11 is 12.1. The van der Waals surface area contributed by atoms with Gasteiger partial charge in [0.2, 0.25) is 16.5 Å². The van der Waals surface area contributed by atoms with Crippen LogP contribution in [0.25, 0.3) is 0 Å². The van der Waals surface area contributed by atoms with Gasteiger partial charge in [0.1, 0.15) is 13.1 Å². The van der Waals surface area contributed by atoms with Crippen LogP contribution >= 0.6 is 83.1 Å². The van der Waals surface area contributed by atoms with Crippen LogP contribution in [0.3, 0.4) is 0 Å². The van der Waals surface area contributed by atoms with E-state index in [0.29, 0.717) is 29.9 Å². The Bertz CT molecular complexity index is 1190. The minimum atomic E-state index is -1.17. The van der Waals surface area contributed by atoms with E-state index in [0.717, 1.165) is 18.9 Å². The third-order valence-electron chi connectivity index (χ3n) is 4.45. The number of carbonyl (C=O) groups is 11. The van der Waals surface area contributed by atoms with Crippen molar-refractivity contribution in [2.75, 3.05) is 127 Å². The molecule has 0 atom stereocenters. The number of thioether (sulfide) groups is 3. The Morgan fingerprint density at radius 3 is 1.22 bits per heavy atom. The van der Waals surface area contributed by atoms with E-state index in [1.807, 2.05) is 13.8 Å². The third kappa shape index (κ3) is 122. The first-order valence-corrected chi connectivity index (χ1v) is 23.9. The molecule has 35 heteroatoms. The number of amides is 2. The number of aliphatic hydroxyl groups excluding tert-OH is 1. The molecule has 0 aliphatic heterocycles. The Kier molecular flexibility index (Phi) is 124. The fourth-order valence-electron chi connectivity index (χ4n) is 1.94. The molecule has 10 N–H and O–H groups in total. The summed E-state index contributed by atoms with van der Waals surface area (Å²) in [6, 6.07) is 0. The van der Waals surface area contributed by atoms with Crippen LogP contribution < -0.4 is 191 Å². The van der Waals surface area contributed by atoms with Crippen molar-refractivity contribution in [3.63, 3.8) is 0 Å². The number of hydrogen-bond acceptors (Lipinski definition) is 25. The number of nitrogens with two attached hydrogens (primary N) is 1. The zero-order valence-corrected chi connectivity index (χ0v) is 56.3. The monoisotopic (exact) mass is 1310 g/mol. The van der Waals surface area contributed by atoms with Gasteiger partial charge in [0.05, 0.1) is 81.4 Å². The van der Waals surface area contributed by atoms with Crippen molar-refractivity contribution in [1.82, 2.24) is 21.3 Å². The van der Waals surface area contributed by atoms with Gasteiger partial charge in [-0.15, -0.1) is 23.5 Å². The molecule has 0 radical (unpaired) electrons. The van der Waals surface area contributed by atoms with Crippen LogP contribution in [-0.2, 0) is 71.7 Å². The first kappa shape index (κ1) is 98.7. The molecule has 0 bridgehead atoms. The van der Waals surface area contributed by atoms with Crippen LogP contribution in [0.1, 0.15) is 13.8 Å². The van der Waals surface area contributed by atoms with Gasteiger partial charge in [0.25, 0.3) is 0 Å². The number of carboxylic acids is 4. The fourth-order valence-corrected chi connectivity index (χ4v) is 4.02. The van der Waals surface area contributed by atoms with Crippen LogP contribution in [0.5, 0.6) is 0 Å². The SMILES string of the molecule is CC.CO.COC(=O)CN.COC(=O)CNC(=O)CBr.COC(=O)CNC(=O)CSCC(=O)OC.O=C(Br)CBr.O=C(O)CNCCSCC(=O)O.O=C([O-])CNCCSCC(=O)[O-].[K+].[K+].[K+].[OH-]. The van der Waals surface area contributed by atoms with E-state index in [4.69, 9.17) is 21.1 Å². The Morgan fingerprint density at radius 2 is 0.926 bits per heavy atom. The molecule has 26 nitrogen and oxygen atoms in total. The molecule has 2 amide bonds. The van der Waals surface area contributed by atoms with Gasteiger partial charge < -0.3 is 86.5 Å². The van der Waals surface area contributed by atoms with Crippen molar-refractivity contribution >= 4 is 147 Å². The van der Waals surface area contributed by atoms with Crippen molar-refractivity contribution < 1.29 is 257 Å². The fraction of sp³-hybridized carbons (Fsp3) is 0.667. The zero-order chi connectivity index (χ0) is 51.7. The Hall–Kier alpha value is 1.57. The molecule has 0 heterocycles. The summed E-state index contributed by atoms with van der Waals surface area (Å²) in [5.74, 6) is -4.95. The van der Waals surface area contributed by atoms with Crippen molar-refractivity contribution in [2.24, 2.45) is 5.73 Å². The van der Waals surface area contributed by atoms with Crippen LogP contribution in [0.4, 0.5) is 0 Å². The van der Waals surface area contributed by atoms with Crippen molar-refractivity contribution in [1.29, 1.82) is 0 Å². The van der Waals surface area contributed by atoms with Gasteiger partial charge in [-0.25, -0.2) is 0 Å². The number of hydrogen-bond donors (Lipinski definition) is 8. The maximum absolute atomic E-state index is 11.0. The number of esters is 4. The maximum atomic E-state index is 11.0. The number of carbonyl (C=O) groups excluding carboxylic acids is 9. The average Bonchev–Trinajstić information content (AvgIpc) is 3.28. The van der Waals surface area contributed by atoms with E-state index >= 15 is 0 Å². The Balaban J connectivity index is -0.0000000553. The molecular formula is C33H61Br3K3N5O21S3. The molecule has 0 rings (SSSR count). The van der Waals surface area contributed by atoms with Gasteiger partial charge in [0.15, 0.2) is 0 Å². The number of aliphatic carboxylic acids is 4. The summed E-state index contributed by atoms with van der Waals surface area (Å²) < 4.78 is 17.1. The standard InChI is InChI=1S/C8H13NO5S.2C6H11NO4S.C5H8BrNO3.C3H7NO2.C2H2Br2O.C2H6.CH4O.3K.H2O/c1-13-7(11)3-9-6(10)4-15-5-8(12)14-2;2*8-5(9)3-7-1-2-12-4-6(10)11;1-10-5(9)3-7-4(8)2-6;1-6-3(5)2-4;3-1-2(4)5;2*1-2;;;;/h3-5H2,1-2H3,(H,9,10);2*7H,1-4H2,(H,8,9)(H,10,11);2-3H2,1H3,(H,7,8);2,4H2,1H3;1H2;1-2H3;2H,1H3;;;;1H2/q;;;;;;;;3*+1;/p-3. The number of halogens is 3. The number of ether oxygens (including phenoxy) is 4. The minimum absolute atomic E-state index is 0. The minimum Gasteiger partial charge on any atom is -0.870 e. The first-order chi connectivity index (χ1) is 30.1. The molecule has 0 unspecified atom stereocenters. The van der Waals surface area contributed by atoms with Crippen LogP contribution in [0.15, 0.2) is 0 Å². The summed E-state index contributed by atoms with van der Waals surface area (Å²) in [4.78, 5) is 112. The number of alkyl halides is 2. The van der Waals surface area contributed by atoms with Crippen LogP contribution in [0, 0.1) is 0 Å². The molecular weight excluding hydrogens is 1260 g/mol. The van der Waals surface area contributed by atoms with E-state index in [-0.39, 0.29) is 249 Å². The van der Waals surface area contributed by atoms with E-state index in [1.54, 1.807) is 0 Å². The van der Waals surface area contributed by atoms with E-state index in [1.165, 1.54) is 52.0 Å². The molecule has 386 valence electrons. The van der Waals surface area contributed by atoms with Gasteiger partial charge >= 0.3 is 190 Å². The first-order valence-electron chi connectivity index (χ1n) is 17.4. The second-order valence-corrected chi connectivity index (χ2v) is 14.4. The van der Waals surface area contributed by atoms with Gasteiger partial charge in [-0.05, 0) is 15.9 Å². The molecule has 0 aromatic rings. The molecule has 0 aromatic carbocycles. The average molecular weight is 1320 g/mol. The van der Waals surface area contributed by atoms with Crippen LogP contribution in [0.2, 0.25) is 0 Å². The molecule has 0 saturated carbocycles. The predicted molar refractivity (Wildman–Crippen MR) is 249 cm³/mol. The Labute approximate surface area is 561 Å². The van der Waals surface area contributed by atoms with Crippen molar-refractivity contribution in [3.05, 3.63) is 0 Å². The van der Waals surface area contributed by atoms with Crippen molar-refractivity contribution in [2.45, 2.75) is 13.8 Å². The molecule has 68 heavy (non-hydrogen) atoms. The van der Waals surface area contributed by atoms with E-state index < -0.39 is 35.8 Å². The largest absolute Gasteiger partial charge is 1.00 e. The Morgan fingerprint density at radius 1 is 0.544 bits per heavy atom. The number of rotatable bonds is 25. The summed E-state index contributed by atoms with van der Waals surface area (Å²) in [5.41, 5.74) is 4.81. The summed E-state index contributed by atoms with van der Waals surface area (Å²) in [5, 5.41) is 53.6. The van der Waals surface area contributed by atoms with Gasteiger partial charge in [-0.1, -0.05) is 45.7 Å². The quantitative estimate of drug-likeness (QED) is 0.0105. The van der Waals surface area contributed by atoms with Crippen molar-refractivity contribution in [3.8, 4) is 0 Å². The third-order valence-corrected chi connectivity index (χ3v) is 9.29. The molecule has 0 fully saturated rings. The molecule has 0 aliphatic rings. The molecule has 0 saturated heterocycles. The van der Waals surface area contributed by atoms with Gasteiger partial charge in [-0.3, -0.25) is 43.2 Å². The number of nitrogens with one attached hydrogen (secondary N) is 4. The van der Waals surface area contributed by atoms with Gasteiger partial charge in [0, 0.05) is 44.0 Å². The molecule has 0 aliphatic carbocycles. The number of methoxy groups -OCH3 is 4. The summed E-state index contributed by atoms with van der Waals surface area (Å²) in [6.45, 7) is 4.43. The smallest absolute Gasteiger partial charge is 0.870 e. The predicted octanol–water partition coefficient (Wildman–Crippen LogP) is -13.0. The second kappa shape index (κ2) is 85.3. The second-order valence-electron chi connectivity index (χ2n) is 9.17. The molecule has 0 aromatic heterocycles. The zero-order valence-electron chi connectivity index (χ0n) is 39.8. The summed E-state index contributed by atoms with van der Waals surface area (Å²) in [6.07, 6.45) is 0.